The molecule has 0 aliphatic carbocycles. The lowest BCUT2D eigenvalue weighted by molar-refractivity contribution is -0.870. The Morgan fingerprint density at radius 2 is 0.548 bits per heavy atom. The van der Waals surface area contributed by atoms with E-state index in [9.17, 15) is 19.0 Å². The van der Waals surface area contributed by atoms with E-state index in [1.54, 1.807) is 0 Å². The van der Waals surface area contributed by atoms with E-state index in [-0.39, 0.29) is 32.0 Å². The summed E-state index contributed by atoms with van der Waals surface area (Å²) in [4.78, 5) is 38.3. The molecule has 0 aromatic heterocycles. The highest BCUT2D eigenvalue weighted by Gasteiger charge is 2.22. The molecule has 104 heavy (non-hydrogen) atoms. The third-order valence-corrected chi connectivity index (χ3v) is 20.4. The van der Waals surface area contributed by atoms with Crippen LogP contribution in [0.2, 0.25) is 0 Å². The fourth-order valence-corrected chi connectivity index (χ4v) is 13.5. The Bertz CT molecular complexity index is 2180. The fourth-order valence-electron chi connectivity index (χ4n) is 12.8. The summed E-state index contributed by atoms with van der Waals surface area (Å²) in [6.45, 7) is 4.17. The predicted molar refractivity (Wildman–Crippen MR) is 452 cm³/mol. The lowest BCUT2D eigenvalue weighted by Crippen LogP contribution is -2.37. The van der Waals surface area contributed by atoms with Gasteiger partial charge < -0.3 is 27.9 Å². The summed E-state index contributed by atoms with van der Waals surface area (Å²) in [6, 6.07) is 0. The molecule has 0 N–H and O–H groups in total. The van der Waals surface area contributed by atoms with Crippen molar-refractivity contribution in [1.82, 2.24) is 0 Å². The largest absolute Gasteiger partial charge is 0.756 e. The van der Waals surface area contributed by atoms with Crippen molar-refractivity contribution in [3.05, 3.63) is 122 Å². The van der Waals surface area contributed by atoms with Gasteiger partial charge in [0.25, 0.3) is 7.82 Å². The first kappa shape index (κ1) is 100. The van der Waals surface area contributed by atoms with Gasteiger partial charge in [-0.25, -0.2) is 0 Å². The molecule has 10 heteroatoms. The molecule has 0 bridgehead atoms. The predicted octanol–water partition coefficient (Wildman–Crippen LogP) is 29.4. The Hall–Kier alpha value is -3.59. The number of allylic oxidation sites excluding steroid dienone is 20. The van der Waals surface area contributed by atoms with E-state index in [0.29, 0.717) is 17.4 Å². The molecule has 0 radical (unpaired) electrons. The number of likely N-dealkylation sites (N-methyl/N-ethyl adjacent to an activating group) is 1. The number of ether oxygens (including phenoxy) is 2. The molecule has 2 unspecified atom stereocenters. The number of unbranched alkanes of at least 4 members (excludes halogenated alkanes) is 48. The van der Waals surface area contributed by atoms with Crippen LogP contribution in [0.4, 0.5) is 0 Å². The SMILES string of the molecule is CC/C=C\C/C=C\C/C=C\C/C=C\C/C=C\C/C=C\C/C=C\C/C=C\C/C=C\CCCCCCCCCCCCCCCC(=O)OC(COC(=O)CCCCCCCCCCCCCCCCCCCCCCCCCCCCC/C=C\CCCCCCCCCC)COP(=O)([O-])OCC[N+](C)(C)C. The quantitative estimate of drug-likeness (QED) is 0.0195. The summed E-state index contributed by atoms with van der Waals surface area (Å²) in [5.74, 6) is -0.820. The van der Waals surface area contributed by atoms with Gasteiger partial charge in [-0.15, -0.1) is 0 Å². The number of phosphoric ester groups is 1. The monoisotopic (exact) mass is 1470 g/mol. The molecule has 0 aliphatic heterocycles. The van der Waals surface area contributed by atoms with E-state index in [1.165, 1.54) is 283 Å². The zero-order valence-electron chi connectivity index (χ0n) is 69.0. The number of carbonyl (C=O) groups excluding carboxylic acids is 2. The molecule has 0 spiro atoms. The first-order valence-electron chi connectivity index (χ1n) is 44.2. The molecule has 0 fully saturated rings. The van der Waals surface area contributed by atoms with Crippen molar-refractivity contribution in [3.8, 4) is 0 Å². The molecule has 0 aliphatic rings. The van der Waals surface area contributed by atoms with Crippen molar-refractivity contribution in [1.29, 1.82) is 0 Å². The zero-order valence-corrected chi connectivity index (χ0v) is 69.8. The lowest BCUT2D eigenvalue weighted by Gasteiger charge is -2.28. The van der Waals surface area contributed by atoms with E-state index in [2.05, 4.69) is 135 Å². The van der Waals surface area contributed by atoms with Crippen molar-refractivity contribution in [2.24, 2.45) is 0 Å². The van der Waals surface area contributed by atoms with Gasteiger partial charge in [-0.3, -0.25) is 14.2 Å². The molecule has 9 nitrogen and oxygen atoms in total. The first-order chi connectivity index (χ1) is 51.0. The fraction of sp³-hybridized carbons (Fsp3) is 0.766. The van der Waals surface area contributed by atoms with Gasteiger partial charge in [0, 0.05) is 12.8 Å². The van der Waals surface area contributed by atoms with Gasteiger partial charge in [0.1, 0.15) is 19.8 Å². The van der Waals surface area contributed by atoms with E-state index < -0.39 is 26.5 Å². The molecule has 0 amide bonds. The molecule has 0 aromatic carbocycles. The molecular weight excluding hydrogens is 1300 g/mol. The standard InChI is InChI=1S/C94H168NO8P/c1-6-8-10-12-14-16-18-20-22-24-26-28-30-32-34-36-38-40-42-44-46-47-49-51-53-55-57-59-61-63-65-67-69-71-73-75-77-79-81-83-85-87-94(97)103-92(91-102-104(98,99)101-89-88-95(3,4)5)90-100-93(96)86-84-82-80-78-76-74-72-70-68-66-64-62-60-58-56-54-52-50-48-45-43-41-39-37-35-33-31-29-27-25-23-21-19-17-15-13-11-9-7-2/h8,10,14,16,20,22,25-28,32,34,38,40,44,46,49,51,55,57,92H,6-7,9,11-13,15,17-19,21,23-24,29-31,33,35-37,39,41-43,45,47-48,50,52-54,56,58-91H2,1-5H3/b10-8-,16-14-,22-20-,27-25-,28-26-,34-32-,40-38-,46-44-,51-49-,57-55-. The topological polar surface area (TPSA) is 111 Å². The number of nitrogens with zero attached hydrogens (tertiary/aromatic N) is 1. The summed E-state index contributed by atoms with van der Waals surface area (Å²) < 4.78 is 34.5. The van der Waals surface area contributed by atoms with Crippen LogP contribution in [0.25, 0.3) is 0 Å². The maximum absolute atomic E-state index is 12.9. The van der Waals surface area contributed by atoms with Gasteiger partial charge in [0.05, 0.1) is 27.7 Å². The van der Waals surface area contributed by atoms with Crippen LogP contribution in [0.5, 0.6) is 0 Å². The number of hydrogen-bond acceptors (Lipinski definition) is 8. The average molecular weight is 1470 g/mol. The van der Waals surface area contributed by atoms with E-state index in [4.69, 9.17) is 18.5 Å². The second kappa shape index (κ2) is 83.4. The Balaban J connectivity index is 3.92. The number of phosphoric acid groups is 1. The van der Waals surface area contributed by atoms with Gasteiger partial charge in [-0.05, 0) is 109 Å². The summed E-state index contributed by atoms with van der Waals surface area (Å²) in [7, 11) is 1.17. The maximum Gasteiger partial charge on any atom is 0.306 e. The molecular formula is C94H168NO8P. The number of carbonyl (C=O) groups is 2. The highest BCUT2D eigenvalue weighted by atomic mass is 31.2. The van der Waals surface area contributed by atoms with Crippen LogP contribution in [-0.4, -0.2) is 70.0 Å². The summed E-state index contributed by atoms with van der Waals surface area (Å²) in [5, 5.41) is 0. The van der Waals surface area contributed by atoms with Gasteiger partial charge in [0.2, 0.25) is 0 Å². The Morgan fingerprint density at radius 1 is 0.308 bits per heavy atom. The Morgan fingerprint density at radius 3 is 0.827 bits per heavy atom. The smallest absolute Gasteiger partial charge is 0.306 e. The van der Waals surface area contributed by atoms with Crippen molar-refractivity contribution in [3.63, 3.8) is 0 Å². The highest BCUT2D eigenvalue weighted by molar-refractivity contribution is 7.45. The molecule has 2 atom stereocenters. The van der Waals surface area contributed by atoms with E-state index in [1.807, 2.05) is 21.1 Å². The molecule has 0 aromatic rings. The minimum atomic E-state index is -4.65. The third kappa shape index (κ3) is 87.3. The molecule has 0 saturated carbocycles. The average Bonchev–Trinajstić information content (AvgIpc) is 0.920. The molecule has 602 valence electrons. The minimum absolute atomic E-state index is 0.0329. The van der Waals surface area contributed by atoms with Crippen LogP contribution >= 0.6 is 7.82 Å². The lowest BCUT2D eigenvalue weighted by atomic mass is 10.0. The highest BCUT2D eigenvalue weighted by Crippen LogP contribution is 2.38. The van der Waals surface area contributed by atoms with E-state index >= 15 is 0 Å². The second-order valence-electron chi connectivity index (χ2n) is 30.9. The maximum atomic E-state index is 12.9. The normalized spacial score (nSPS) is 13.6. The number of quaternary nitrogens is 1. The molecule has 0 rings (SSSR count). The van der Waals surface area contributed by atoms with Crippen molar-refractivity contribution in [2.75, 3.05) is 47.5 Å². The third-order valence-electron chi connectivity index (χ3n) is 19.5. The number of esters is 2. The Labute approximate surface area is 645 Å². The molecule has 0 saturated heterocycles. The van der Waals surface area contributed by atoms with Crippen molar-refractivity contribution < 1.29 is 42.1 Å². The van der Waals surface area contributed by atoms with Crippen LogP contribution in [-0.2, 0) is 32.7 Å². The van der Waals surface area contributed by atoms with Crippen LogP contribution < -0.4 is 4.89 Å². The Kier molecular flexibility index (Phi) is 80.6. The molecule has 0 heterocycles. The zero-order chi connectivity index (χ0) is 75.4. The van der Waals surface area contributed by atoms with Gasteiger partial charge in [0.15, 0.2) is 6.10 Å². The number of rotatable bonds is 82. The van der Waals surface area contributed by atoms with Crippen LogP contribution in [0.1, 0.15) is 412 Å². The minimum Gasteiger partial charge on any atom is -0.756 e. The van der Waals surface area contributed by atoms with Crippen molar-refractivity contribution >= 4 is 19.8 Å². The number of hydrogen-bond donors (Lipinski definition) is 0. The van der Waals surface area contributed by atoms with Gasteiger partial charge in [-0.1, -0.05) is 411 Å². The van der Waals surface area contributed by atoms with Crippen LogP contribution in [0, 0.1) is 0 Å². The summed E-state index contributed by atoms with van der Waals surface area (Å²) >= 11 is 0. The van der Waals surface area contributed by atoms with Gasteiger partial charge >= 0.3 is 11.9 Å². The van der Waals surface area contributed by atoms with Crippen LogP contribution in [0.15, 0.2) is 122 Å². The summed E-state index contributed by atoms with van der Waals surface area (Å²) in [5.41, 5.74) is 0. The summed E-state index contributed by atoms with van der Waals surface area (Å²) in [6.07, 6.45) is 121. The first-order valence-corrected chi connectivity index (χ1v) is 45.7. The van der Waals surface area contributed by atoms with Gasteiger partial charge in [-0.2, -0.15) is 0 Å². The van der Waals surface area contributed by atoms with Crippen LogP contribution in [0.3, 0.4) is 0 Å². The second-order valence-corrected chi connectivity index (χ2v) is 32.3. The van der Waals surface area contributed by atoms with E-state index in [0.717, 1.165) is 96.3 Å². The van der Waals surface area contributed by atoms with Crippen molar-refractivity contribution in [2.45, 2.75) is 418 Å².